The number of carboxylic acids is 1. The van der Waals surface area contributed by atoms with Crippen LogP contribution in [0.1, 0.15) is 51.5 Å². The smallest absolute Gasteiger partial charge is 0.326 e. The first-order chi connectivity index (χ1) is 18.8. The van der Waals surface area contributed by atoms with Gasteiger partial charge < -0.3 is 49.1 Å². The fourth-order valence-electron chi connectivity index (χ4n) is 3.81. The van der Waals surface area contributed by atoms with Crippen LogP contribution in [0.2, 0.25) is 0 Å². The molecule has 3 amide bonds. The van der Waals surface area contributed by atoms with E-state index in [9.17, 15) is 29.4 Å². The Bertz CT molecular complexity index is 997. The molecule has 4 atom stereocenters. The van der Waals surface area contributed by atoms with Crippen LogP contribution in [0.25, 0.3) is 0 Å². The highest BCUT2D eigenvalue weighted by atomic mass is 16.4. The van der Waals surface area contributed by atoms with Gasteiger partial charge in [0.25, 0.3) is 0 Å². The van der Waals surface area contributed by atoms with Gasteiger partial charge in [0.1, 0.15) is 23.9 Å². The normalized spacial score (nSPS) is 13.9. The molecule has 0 heterocycles. The van der Waals surface area contributed by atoms with Crippen LogP contribution in [-0.2, 0) is 25.6 Å². The van der Waals surface area contributed by atoms with Gasteiger partial charge in [-0.2, -0.15) is 0 Å². The summed E-state index contributed by atoms with van der Waals surface area (Å²) in [7, 11) is 0. The van der Waals surface area contributed by atoms with Crippen molar-refractivity contribution in [2.75, 3.05) is 13.1 Å². The third kappa shape index (κ3) is 12.8. The van der Waals surface area contributed by atoms with Crippen LogP contribution in [0.4, 0.5) is 0 Å². The third-order valence-corrected chi connectivity index (χ3v) is 6.12. The van der Waals surface area contributed by atoms with Crippen molar-refractivity contribution in [3.63, 3.8) is 0 Å². The van der Waals surface area contributed by atoms with Crippen molar-refractivity contribution in [2.45, 2.75) is 76.5 Å². The zero-order chi connectivity index (χ0) is 30.2. The number of guanidine groups is 1. The third-order valence-electron chi connectivity index (χ3n) is 6.12. The number of nitrogens with two attached hydrogens (primary N) is 4. The topological polar surface area (TPSA) is 261 Å². The van der Waals surface area contributed by atoms with E-state index in [-0.39, 0.29) is 31.1 Å². The number of aliphatic carboxylic acids is 1. The standard InChI is InChI=1S/C26H44N8O6/c1-15(2)21(25(39)40)34-23(37)19(7-5-13-31-26(29)30)32-24(38)20(14-16-8-10-17(35)11-9-16)33-22(36)18(28)6-3-4-12-27/h8-11,15,18-21,35H,3-7,12-14,27-28H2,1-2H3,(H,32,38)(H,33,36)(H,34,37)(H,39,40)(H4,29,30,31). The van der Waals surface area contributed by atoms with Crippen molar-refractivity contribution in [1.29, 1.82) is 0 Å². The van der Waals surface area contributed by atoms with Crippen LogP contribution in [0, 0.1) is 5.92 Å². The minimum absolute atomic E-state index is 0.0337. The Morgan fingerprint density at radius 3 is 2.02 bits per heavy atom. The Morgan fingerprint density at radius 2 is 1.48 bits per heavy atom. The van der Waals surface area contributed by atoms with E-state index in [1.54, 1.807) is 26.0 Å². The molecular weight excluding hydrogens is 520 g/mol. The largest absolute Gasteiger partial charge is 0.508 e. The van der Waals surface area contributed by atoms with Crippen LogP contribution in [0.3, 0.4) is 0 Å². The number of phenols is 1. The van der Waals surface area contributed by atoms with Crippen LogP contribution < -0.4 is 38.9 Å². The summed E-state index contributed by atoms with van der Waals surface area (Å²) in [6.45, 7) is 3.93. The van der Waals surface area contributed by atoms with E-state index in [1.165, 1.54) is 12.1 Å². The summed E-state index contributed by atoms with van der Waals surface area (Å²) in [5, 5.41) is 26.9. The van der Waals surface area contributed by atoms with Crippen molar-refractivity contribution < 1.29 is 29.4 Å². The van der Waals surface area contributed by atoms with Gasteiger partial charge in [-0.05, 0) is 55.8 Å². The molecule has 0 radical (unpaired) electrons. The van der Waals surface area contributed by atoms with Crippen molar-refractivity contribution in [3.8, 4) is 5.75 Å². The molecule has 40 heavy (non-hydrogen) atoms. The van der Waals surface area contributed by atoms with Gasteiger partial charge in [-0.15, -0.1) is 0 Å². The Hall–Kier alpha value is -3.91. The first kappa shape index (κ1) is 34.1. The molecule has 0 aromatic heterocycles. The van der Waals surface area contributed by atoms with Gasteiger partial charge in [-0.1, -0.05) is 32.4 Å². The predicted molar refractivity (Wildman–Crippen MR) is 151 cm³/mol. The monoisotopic (exact) mass is 564 g/mol. The second-order valence-corrected chi connectivity index (χ2v) is 9.90. The second kappa shape index (κ2) is 17.6. The van der Waals surface area contributed by atoms with Gasteiger partial charge in [-0.25, -0.2) is 4.79 Å². The number of aromatic hydroxyl groups is 1. The van der Waals surface area contributed by atoms with Crippen LogP contribution in [-0.4, -0.2) is 77.1 Å². The minimum Gasteiger partial charge on any atom is -0.508 e. The first-order valence-corrected chi connectivity index (χ1v) is 13.3. The molecule has 14 heteroatoms. The summed E-state index contributed by atoms with van der Waals surface area (Å²) in [5.74, 6) is -3.64. The number of carboxylic acid groups (broad SMARTS) is 1. The second-order valence-electron chi connectivity index (χ2n) is 9.90. The lowest BCUT2D eigenvalue weighted by atomic mass is 10.0. The summed E-state index contributed by atoms with van der Waals surface area (Å²) in [4.78, 5) is 54.9. The number of carbonyl (C=O) groups excluding carboxylic acids is 3. The fraction of sp³-hybridized carbons (Fsp3) is 0.577. The lowest BCUT2D eigenvalue weighted by molar-refractivity contribution is -0.143. The molecule has 4 unspecified atom stereocenters. The van der Waals surface area contributed by atoms with Gasteiger partial charge in [0, 0.05) is 13.0 Å². The summed E-state index contributed by atoms with van der Waals surface area (Å²) >= 11 is 0. The number of nitrogens with one attached hydrogen (secondary N) is 3. The van der Waals surface area contributed by atoms with Gasteiger partial charge >= 0.3 is 5.97 Å². The quantitative estimate of drug-likeness (QED) is 0.0574. The molecule has 0 aliphatic rings. The van der Waals surface area contributed by atoms with Crippen molar-refractivity contribution >= 4 is 29.7 Å². The molecule has 0 fully saturated rings. The van der Waals surface area contributed by atoms with Gasteiger partial charge in [0.05, 0.1) is 6.04 Å². The number of amides is 3. The number of rotatable bonds is 18. The highest BCUT2D eigenvalue weighted by Gasteiger charge is 2.31. The van der Waals surface area contributed by atoms with E-state index >= 15 is 0 Å². The summed E-state index contributed by atoms with van der Waals surface area (Å²) in [6.07, 6.45) is 2.15. The first-order valence-electron chi connectivity index (χ1n) is 13.3. The molecule has 0 spiro atoms. The zero-order valence-electron chi connectivity index (χ0n) is 23.1. The van der Waals surface area contributed by atoms with E-state index in [1.807, 2.05) is 0 Å². The molecule has 0 aliphatic carbocycles. The lowest BCUT2D eigenvalue weighted by Gasteiger charge is -2.26. The Morgan fingerprint density at radius 1 is 0.875 bits per heavy atom. The lowest BCUT2D eigenvalue weighted by Crippen LogP contribution is -2.58. The van der Waals surface area contributed by atoms with Gasteiger partial charge in [0.15, 0.2) is 5.96 Å². The highest BCUT2D eigenvalue weighted by molar-refractivity contribution is 5.94. The van der Waals surface area contributed by atoms with E-state index in [2.05, 4.69) is 20.9 Å². The molecule has 1 aromatic rings. The Kier molecular flexibility index (Phi) is 15.0. The fourth-order valence-corrected chi connectivity index (χ4v) is 3.81. The molecule has 0 bridgehead atoms. The number of unbranched alkanes of at least 4 members (excludes halogenated alkanes) is 1. The molecule has 0 saturated heterocycles. The Balaban J connectivity index is 3.16. The van der Waals surface area contributed by atoms with E-state index in [0.29, 0.717) is 37.8 Å². The molecule has 14 nitrogen and oxygen atoms in total. The molecule has 1 aromatic carbocycles. The maximum Gasteiger partial charge on any atom is 0.326 e. The van der Waals surface area contributed by atoms with Crippen molar-refractivity contribution in [1.82, 2.24) is 16.0 Å². The SMILES string of the molecule is CC(C)C(NC(=O)C(CCCN=C(N)N)NC(=O)C(Cc1ccc(O)cc1)NC(=O)C(N)CCCCN)C(=O)O. The molecule has 13 N–H and O–H groups in total. The number of hydrogen-bond acceptors (Lipinski definition) is 8. The maximum atomic E-state index is 13.4. The van der Waals surface area contributed by atoms with Crippen LogP contribution >= 0.6 is 0 Å². The number of phenolic OH excluding ortho intramolecular Hbond substituents is 1. The molecule has 1 rings (SSSR count). The number of benzene rings is 1. The average molecular weight is 565 g/mol. The molecule has 224 valence electrons. The number of aliphatic imine (C=N–C) groups is 1. The Labute approximate surface area is 234 Å². The zero-order valence-corrected chi connectivity index (χ0v) is 23.1. The van der Waals surface area contributed by atoms with Gasteiger partial charge in [0.2, 0.25) is 17.7 Å². The summed E-state index contributed by atoms with van der Waals surface area (Å²) in [6, 6.07) is 1.78. The maximum absolute atomic E-state index is 13.4. The summed E-state index contributed by atoms with van der Waals surface area (Å²) in [5.41, 5.74) is 22.9. The average Bonchev–Trinajstić information content (AvgIpc) is 2.88. The summed E-state index contributed by atoms with van der Waals surface area (Å²) < 4.78 is 0. The molecular formula is C26H44N8O6. The highest BCUT2D eigenvalue weighted by Crippen LogP contribution is 2.13. The molecule has 0 aliphatic heterocycles. The van der Waals surface area contributed by atoms with E-state index in [0.717, 1.165) is 0 Å². The van der Waals surface area contributed by atoms with Crippen LogP contribution in [0.15, 0.2) is 29.3 Å². The number of carbonyl (C=O) groups is 4. The van der Waals surface area contributed by atoms with Gasteiger partial charge in [-0.3, -0.25) is 19.4 Å². The number of nitrogens with zero attached hydrogens (tertiary/aromatic N) is 1. The molecule has 0 saturated carbocycles. The predicted octanol–water partition coefficient (Wildman–Crippen LogP) is -1.36. The van der Waals surface area contributed by atoms with Crippen molar-refractivity contribution in [2.24, 2.45) is 33.8 Å². The number of hydrogen-bond donors (Lipinski definition) is 9. The van der Waals surface area contributed by atoms with Crippen molar-refractivity contribution in [3.05, 3.63) is 29.8 Å². The van der Waals surface area contributed by atoms with E-state index < -0.39 is 53.8 Å². The van der Waals surface area contributed by atoms with Crippen LogP contribution in [0.5, 0.6) is 5.75 Å². The van der Waals surface area contributed by atoms with E-state index in [4.69, 9.17) is 22.9 Å². The minimum atomic E-state index is -1.21.